The van der Waals surface area contributed by atoms with Gasteiger partial charge in [-0.1, -0.05) is 74.3 Å². The van der Waals surface area contributed by atoms with Crippen LogP contribution in [0.4, 0.5) is 0 Å². The monoisotopic (exact) mass is 404 g/mol. The third-order valence-corrected chi connectivity index (χ3v) is 4.53. The van der Waals surface area contributed by atoms with Gasteiger partial charge >= 0.3 is 0 Å². The number of hydrogen-bond donors (Lipinski definition) is 0. The maximum Gasteiger partial charge on any atom is 0.124 e. The molecule has 0 aliphatic heterocycles. The summed E-state index contributed by atoms with van der Waals surface area (Å²) in [7, 11) is 0. The van der Waals surface area contributed by atoms with Crippen molar-refractivity contribution in [2.24, 2.45) is 0 Å². The van der Waals surface area contributed by atoms with Crippen LogP contribution < -0.4 is 4.74 Å². The first-order valence-corrected chi connectivity index (χ1v) is 8.63. The van der Waals surface area contributed by atoms with Crippen molar-refractivity contribution in [2.75, 3.05) is 0 Å². The summed E-state index contributed by atoms with van der Waals surface area (Å²) in [4.78, 5) is 0. The van der Waals surface area contributed by atoms with E-state index in [1.54, 1.807) is 0 Å². The smallest absolute Gasteiger partial charge is 0.124 e. The molecule has 0 unspecified atom stereocenters. The molecule has 3 aromatic rings. The molecule has 0 aliphatic rings. The molecule has 0 fully saturated rings. The number of fused-ring (bicyclic) bond motifs is 1. The van der Waals surface area contributed by atoms with Gasteiger partial charge in [0.1, 0.15) is 12.4 Å². The number of hydrogen-bond acceptors (Lipinski definition) is 1. The molecule has 0 N–H and O–H groups in total. The molecule has 21 heavy (non-hydrogen) atoms. The van der Waals surface area contributed by atoms with Crippen molar-refractivity contribution >= 4 is 42.6 Å². The van der Waals surface area contributed by atoms with E-state index in [2.05, 4.69) is 80.4 Å². The largest absolute Gasteiger partial charge is 0.489 e. The Labute approximate surface area is 141 Å². The molecule has 0 radical (unpaired) electrons. The lowest BCUT2D eigenvalue weighted by molar-refractivity contribution is 0.304. The molecule has 0 spiro atoms. The minimum atomic E-state index is 0.575. The molecule has 3 rings (SSSR count). The van der Waals surface area contributed by atoms with Crippen LogP contribution >= 0.6 is 31.9 Å². The first-order chi connectivity index (χ1) is 10.3. The summed E-state index contributed by atoms with van der Waals surface area (Å²) in [5.74, 6) is 0.938. The molecular formula is C18H14Br2O. The SMILES string of the molecule is BrCc1c(OCc2ccc(Br)cc2)ccc2ccccc12. The van der Waals surface area contributed by atoms with Gasteiger partial charge in [-0.2, -0.15) is 0 Å². The van der Waals surface area contributed by atoms with E-state index < -0.39 is 0 Å². The van der Waals surface area contributed by atoms with E-state index >= 15 is 0 Å². The third-order valence-electron chi connectivity index (χ3n) is 3.44. The predicted octanol–water partition coefficient (Wildman–Crippen LogP) is 6.08. The summed E-state index contributed by atoms with van der Waals surface area (Å²) in [6.45, 7) is 0.575. The Balaban J connectivity index is 1.88. The van der Waals surface area contributed by atoms with Crippen LogP contribution in [0.3, 0.4) is 0 Å². The fourth-order valence-electron chi connectivity index (χ4n) is 2.33. The van der Waals surface area contributed by atoms with Crippen molar-refractivity contribution in [3.63, 3.8) is 0 Å². The molecule has 0 heterocycles. The van der Waals surface area contributed by atoms with E-state index in [0.29, 0.717) is 6.61 Å². The molecule has 0 bridgehead atoms. The zero-order chi connectivity index (χ0) is 14.7. The zero-order valence-corrected chi connectivity index (χ0v) is 14.5. The summed E-state index contributed by atoms with van der Waals surface area (Å²) in [5.41, 5.74) is 2.36. The molecular weight excluding hydrogens is 392 g/mol. The highest BCUT2D eigenvalue weighted by Crippen LogP contribution is 2.30. The number of alkyl halides is 1. The molecule has 3 aromatic carbocycles. The molecule has 0 amide bonds. The van der Waals surface area contributed by atoms with Crippen LogP contribution in [-0.2, 0) is 11.9 Å². The van der Waals surface area contributed by atoms with Crippen LogP contribution in [-0.4, -0.2) is 0 Å². The summed E-state index contributed by atoms with van der Waals surface area (Å²) < 4.78 is 7.10. The molecule has 0 saturated heterocycles. The van der Waals surface area contributed by atoms with Crippen LogP contribution in [0.15, 0.2) is 65.1 Å². The third kappa shape index (κ3) is 3.30. The second kappa shape index (κ2) is 6.63. The Morgan fingerprint density at radius 3 is 2.38 bits per heavy atom. The zero-order valence-electron chi connectivity index (χ0n) is 11.4. The number of ether oxygens (including phenoxy) is 1. The normalized spacial score (nSPS) is 10.8. The first-order valence-electron chi connectivity index (χ1n) is 6.72. The average molecular weight is 406 g/mol. The Bertz CT molecular complexity index is 751. The van der Waals surface area contributed by atoms with Gasteiger partial charge in [-0.15, -0.1) is 0 Å². The van der Waals surface area contributed by atoms with Gasteiger partial charge in [-0.05, 0) is 34.5 Å². The van der Waals surface area contributed by atoms with Crippen molar-refractivity contribution in [3.05, 3.63) is 76.3 Å². The highest BCUT2D eigenvalue weighted by molar-refractivity contribution is 9.10. The topological polar surface area (TPSA) is 9.23 Å². The lowest BCUT2D eigenvalue weighted by Crippen LogP contribution is -1.98. The van der Waals surface area contributed by atoms with E-state index in [4.69, 9.17) is 4.74 Å². The quantitative estimate of drug-likeness (QED) is 0.478. The second-order valence-corrected chi connectivity index (χ2v) is 6.29. The lowest BCUT2D eigenvalue weighted by atomic mass is 10.0. The van der Waals surface area contributed by atoms with Crippen LogP contribution in [0.1, 0.15) is 11.1 Å². The fourth-order valence-corrected chi connectivity index (χ4v) is 3.17. The highest BCUT2D eigenvalue weighted by atomic mass is 79.9. The van der Waals surface area contributed by atoms with Gasteiger partial charge in [-0.25, -0.2) is 0 Å². The van der Waals surface area contributed by atoms with Crippen molar-refractivity contribution < 1.29 is 4.74 Å². The lowest BCUT2D eigenvalue weighted by Gasteiger charge is -2.13. The summed E-state index contributed by atoms with van der Waals surface area (Å²) in [5, 5.41) is 3.26. The molecule has 0 aliphatic carbocycles. The summed E-state index contributed by atoms with van der Waals surface area (Å²) in [6, 6.07) is 20.7. The van der Waals surface area contributed by atoms with Crippen LogP contribution in [0, 0.1) is 0 Å². The Hall–Kier alpha value is -1.32. The second-order valence-electron chi connectivity index (χ2n) is 4.81. The minimum absolute atomic E-state index is 0.575. The van der Waals surface area contributed by atoms with Gasteiger partial charge in [0.25, 0.3) is 0 Å². The molecule has 0 saturated carbocycles. The number of halogens is 2. The van der Waals surface area contributed by atoms with Gasteiger partial charge in [0.2, 0.25) is 0 Å². The van der Waals surface area contributed by atoms with Gasteiger partial charge in [0.15, 0.2) is 0 Å². The van der Waals surface area contributed by atoms with E-state index in [9.17, 15) is 0 Å². The van der Waals surface area contributed by atoms with Crippen molar-refractivity contribution in [3.8, 4) is 5.75 Å². The van der Waals surface area contributed by atoms with Gasteiger partial charge in [-0.3, -0.25) is 0 Å². The average Bonchev–Trinajstić information content (AvgIpc) is 2.53. The van der Waals surface area contributed by atoms with E-state index in [1.165, 1.54) is 16.3 Å². The van der Waals surface area contributed by atoms with Crippen molar-refractivity contribution in [2.45, 2.75) is 11.9 Å². The van der Waals surface area contributed by atoms with E-state index in [0.717, 1.165) is 21.1 Å². The molecule has 3 heteroatoms. The summed E-state index contributed by atoms with van der Waals surface area (Å²) in [6.07, 6.45) is 0. The number of rotatable bonds is 4. The number of benzene rings is 3. The maximum absolute atomic E-state index is 6.02. The molecule has 1 nitrogen and oxygen atoms in total. The van der Waals surface area contributed by atoms with Crippen molar-refractivity contribution in [1.82, 2.24) is 0 Å². The first kappa shape index (κ1) is 14.6. The van der Waals surface area contributed by atoms with E-state index in [1.807, 2.05) is 12.1 Å². The predicted molar refractivity (Wildman–Crippen MR) is 95.1 cm³/mol. The van der Waals surface area contributed by atoms with Crippen LogP contribution in [0.5, 0.6) is 5.75 Å². The van der Waals surface area contributed by atoms with Gasteiger partial charge in [0, 0.05) is 15.4 Å². The Kier molecular flexibility index (Phi) is 4.61. The van der Waals surface area contributed by atoms with Crippen LogP contribution in [0.25, 0.3) is 10.8 Å². The fraction of sp³-hybridized carbons (Fsp3) is 0.111. The molecule has 106 valence electrons. The molecule has 0 aromatic heterocycles. The minimum Gasteiger partial charge on any atom is -0.489 e. The van der Waals surface area contributed by atoms with E-state index in [-0.39, 0.29) is 0 Å². The Morgan fingerprint density at radius 2 is 1.62 bits per heavy atom. The highest BCUT2D eigenvalue weighted by Gasteiger charge is 2.07. The van der Waals surface area contributed by atoms with Crippen molar-refractivity contribution in [1.29, 1.82) is 0 Å². The Morgan fingerprint density at radius 1 is 0.857 bits per heavy atom. The maximum atomic E-state index is 6.02. The molecule has 0 atom stereocenters. The standard InChI is InChI=1S/C18H14Br2O/c19-11-17-16-4-2-1-3-14(16)7-10-18(17)21-12-13-5-8-15(20)9-6-13/h1-10H,11-12H2. The summed E-state index contributed by atoms with van der Waals surface area (Å²) >= 11 is 7.02. The van der Waals surface area contributed by atoms with Gasteiger partial charge in [0.05, 0.1) is 0 Å². The van der Waals surface area contributed by atoms with Gasteiger partial charge < -0.3 is 4.74 Å². The van der Waals surface area contributed by atoms with Crippen LogP contribution in [0.2, 0.25) is 0 Å².